The monoisotopic (exact) mass is 368 g/mol. The summed E-state index contributed by atoms with van der Waals surface area (Å²) in [6.07, 6.45) is 0. The van der Waals surface area contributed by atoms with Gasteiger partial charge in [-0.25, -0.2) is 4.79 Å². The molecule has 0 saturated carbocycles. The molecule has 2 N–H and O–H groups in total. The van der Waals surface area contributed by atoms with E-state index in [1.165, 1.54) is 0 Å². The van der Waals surface area contributed by atoms with E-state index in [-0.39, 0.29) is 17.4 Å². The maximum Gasteiger partial charge on any atom is 0.338 e. The third kappa shape index (κ3) is 5.95. The van der Waals surface area contributed by atoms with E-state index in [9.17, 15) is 14.4 Å². The Kier molecular flexibility index (Phi) is 6.34. The van der Waals surface area contributed by atoms with Crippen LogP contribution >= 0.6 is 0 Å². The lowest BCUT2D eigenvalue weighted by molar-refractivity contribution is 0.0526. The number of amides is 2. The molecule has 27 heavy (non-hydrogen) atoms. The van der Waals surface area contributed by atoms with Crippen molar-refractivity contribution in [2.24, 2.45) is 0 Å². The average molecular weight is 368 g/mol. The van der Waals surface area contributed by atoms with Crippen molar-refractivity contribution in [2.75, 3.05) is 11.9 Å². The number of anilines is 1. The number of rotatable bonds is 5. The van der Waals surface area contributed by atoms with Gasteiger partial charge in [-0.05, 0) is 76.2 Å². The number of carbonyl (C=O) groups is 3. The molecule has 2 aromatic carbocycles. The number of esters is 1. The Bertz CT molecular complexity index is 819. The van der Waals surface area contributed by atoms with Gasteiger partial charge >= 0.3 is 5.97 Å². The predicted molar refractivity (Wildman–Crippen MR) is 104 cm³/mol. The molecule has 0 spiro atoms. The SMILES string of the molecule is CCOC(=O)c1ccc(NC(=O)c2ccc(C(=O)NC(C)(C)C)cc2)cc1. The minimum Gasteiger partial charge on any atom is -0.462 e. The van der Waals surface area contributed by atoms with Gasteiger partial charge in [-0.15, -0.1) is 0 Å². The zero-order valence-corrected chi connectivity index (χ0v) is 16.0. The van der Waals surface area contributed by atoms with Crippen molar-refractivity contribution < 1.29 is 19.1 Å². The molecule has 6 heteroatoms. The lowest BCUT2D eigenvalue weighted by atomic mass is 10.1. The van der Waals surface area contributed by atoms with Crippen molar-refractivity contribution in [2.45, 2.75) is 33.2 Å². The lowest BCUT2D eigenvalue weighted by Gasteiger charge is -2.20. The molecule has 6 nitrogen and oxygen atoms in total. The van der Waals surface area contributed by atoms with Crippen LogP contribution in [0.1, 0.15) is 58.8 Å². The normalized spacial score (nSPS) is 10.8. The maximum absolute atomic E-state index is 12.3. The summed E-state index contributed by atoms with van der Waals surface area (Å²) in [7, 11) is 0. The van der Waals surface area contributed by atoms with Gasteiger partial charge in [-0.2, -0.15) is 0 Å². The van der Waals surface area contributed by atoms with E-state index < -0.39 is 5.97 Å². The summed E-state index contributed by atoms with van der Waals surface area (Å²) >= 11 is 0. The highest BCUT2D eigenvalue weighted by Gasteiger charge is 2.16. The van der Waals surface area contributed by atoms with Crippen LogP contribution in [0.15, 0.2) is 48.5 Å². The molecular formula is C21H24N2O4. The van der Waals surface area contributed by atoms with Gasteiger partial charge in [0.15, 0.2) is 0 Å². The van der Waals surface area contributed by atoms with Crippen molar-refractivity contribution in [3.05, 3.63) is 65.2 Å². The van der Waals surface area contributed by atoms with E-state index in [1.807, 2.05) is 20.8 Å². The van der Waals surface area contributed by atoms with Crippen LogP contribution in [0.5, 0.6) is 0 Å². The standard InChI is InChI=1S/C21H24N2O4/c1-5-27-20(26)16-10-12-17(13-11-16)22-18(24)14-6-8-15(9-7-14)19(25)23-21(2,3)4/h6-13H,5H2,1-4H3,(H,22,24)(H,23,25). The molecule has 142 valence electrons. The van der Waals surface area contributed by atoms with Gasteiger partial charge in [0.1, 0.15) is 0 Å². The van der Waals surface area contributed by atoms with Crippen molar-refractivity contribution in [3.63, 3.8) is 0 Å². The largest absolute Gasteiger partial charge is 0.462 e. The predicted octanol–water partition coefficient (Wildman–Crippen LogP) is 3.64. The minimum atomic E-state index is -0.403. The van der Waals surface area contributed by atoms with Crippen LogP contribution in [0.2, 0.25) is 0 Å². The van der Waals surface area contributed by atoms with Crippen molar-refractivity contribution >= 4 is 23.5 Å². The molecule has 0 unspecified atom stereocenters. The Morgan fingerprint density at radius 2 is 1.30 bits per heavy atom. The van der Waals surface area contributed by atoms with E-state index in [1.54, 1.807) is 55.5 Å². The number of ether oxygens (including phenoxy) is 1. The maximum atomic E-state index is 12.3. The van der Waals surface area contributed by atoms with Crippen LogP contribution in [0, 0.1) is 0 Å². The molecule has 0 aliphatic carbocycles. The first-order valence-corrected chi connectivity index (χ1v) is 8.71. The molecule has 0 fully saturated rings. The van der Waals surface area contributed by atoms with Gasteiger partial charge in [0, 0.05) is 22.4 Å². The highest BCUT2D eigenvalue weighted by Crippen LogP contribution is 2.13. The minimum absolute atomic E-state index is 0.191. The topological polar surface area (TPSA) is 84.5 Å². The fourth-order valence-corrected chi connectivity index (χ4v) is 2.29. The highest BCUT2D eigenvalue weighted by molar-refractivity contribution is 6.05. The van der Waals surface area contributed by atoms with Crippen LogP contribution in [0.25, 0.3) is 0 Å². The molecule has 2 amide bonds. The first-order valence-electron chi connectivity index (χ1n) is 8.71. The summed E-state index contributed by atoms with van der Waals surface area (Å²) in [6.45, 7) is 7.76. The van der Waals surface area contributed by atoms with Gasteiger partial charge in [0.05, 0.1) is 12.2 Å². The quantitative estimate of drug-likeness (QED) is 0.789. The second-order valence-electron chi connectivity index (χ2n) is 7.03. The van der Waals surface area contributed by atoms with Gasteiger partial charge in [0.2, 0.25) is 0 Å². The van der Waals surface area contributed by atoms with Crippen LogP contribution in [-0.4, -0.2) is 29.9 Å². The molecular weight excluding hydrogens is 344 g/mol. The summed E-state index contributed by atoms with van der Waals surface area (Å²) in [5.41, 5.74) is 1.56. The summed E-state index contributed by atoms with van der Waals surface area (Å²) in [6, 6.07) is 12.9. The van der Waals surface area contributed by atoms with Gasteiger partial charge in [-0.1, -0.05) is 0 Å². The van der Waals surface area contributed by atoms with Crippen molar-refractivity contribution in [1.29, 1.82) is 0 Å². The third-order valence-corrected chi connectivity index (χ3v) is 3.55. The van der Waals surface area contributed by atoms with E-state index in [2.05, 4.69) is 10.6 Å². The number of hydrogen-bond donors (Lipinski definition) is 2. The molecule has 0 bridgehead atoms. The Labute approximate surface area is 158 Å². The number of hydrogen-bond acceptors (Lipinski definition) is 4. The fraction of sp³-hybridized carbons (Fsp3) is 0.286. The molecule has 0 aliphatic heterocycles. The Balaban J connectivity index is 2.02. The van der Waals surface area contributed by atoms with Crippen molar-refractivity contribution in [3.8, 4) is 0 Å². The summed E-state index contributed by atoms with van der Waals surface area (Å²) in [5, 5.41) is 5.62. The van der Waals surface area contributed by atoms with Crippen LogP contribution in [0.4, 0.5) is 5.69 Å². The number of nitrogens with one attached hydrogen (secondary N) is 2. The molecule has 0 atom stereocenters. The van der Waals surface area contributed by atoms with Crippen molar-refractivity contribution in [1.82, 2.24) is 5.32 Å². The zero-order chi connectivity index (χ0) is 20.0. The third-order valence-electron chi connectivity index (χ3n) is 3.55. The van der Waals surface area contributed by atoms with Crippen LogP contribution < -0.4 is 10.6 Å². The Hall–Kier alpha value is -3.15. The van der Waals surface area contributed by atoms with E-state index in [0.29, 0.717) is 29.0 Å². The Morgan fingerprint density at radius 1 is 0.815 bits per heavy atom. The molecule has 0 radical (unpaired) electrons. The Morgan fingerprint density at radius 3 is 1.78 bits per heavy atom. The summed E-state index contributed by atoms with van der Waals surface area (Å²) in [4.78, 5) is 36.1. The smallest absolute Gasteiger partial charge is 0.338 e. The van der Waals surface area contributed by atoms with Crippen LogP contribution in [0.3, 0.4) is 0 Å². The second-order valence-corrected chi connectivity index (χ2v) is 7.03. The second kappa shape index (κ2) is 8.49. The van der Waals surface area contributed by atoms with Gasteiger partial charge in [0.25, 0.3) is 11.8 Å². The van der Waals surface area contributed by atoms with E-state index in [4.69, 9.17) is 4.74 Å². The number of carbonyl (C=O) groups excluding carboxylic acids is 3. The van der Waals surface area contributed by atoms with Crippen LogP contribution in [-0.2, 0) is 4.74 Å². The molecule has 0 aromatic heterocycles. The van der Waals surface area contributed by atoms with E-state index in [0.717, 1.165) is 0 Å². The molecule has 2 rings (SSSR count). The highest BCUT2D eigenvalue weighted by atomic mass is 16.5. The average Bonchev–Trinajstić information content (AvgIpc) is 2.61. The zero-order valence-electron chi connectivity index (χ0n) is 16.0. The van der Waals surface area contributed by atoms with E-state index >= 15 is 0 Å². The molecule has 0 heterocycles. The first kappa shape index (κ1) is 20.2. The molecule has 0 saturated heterocycles. The number of benzene rings is 2. The summed E-state index contributed by atoms with van der Waals surface area (Å²) < 4.78 is 4.92. The fourth-order valence-electron chi connectivity index (χ4n) is 2.29. The summed E-state index contributed by atoms with van der Waals surface area (Å²) in [5.74, 6) is -0.898. The van der Waals surface area contributed by atoms with Gasteiger partial charge < -0.3 is 15.4 Å². The first-order chi connectivity index (χ1) is 12.7. The molecule has 2 aromatic rings. The molecule has 0 aliphatic rings. The lowest BCUT2D eigenvalue weighted by Crippen LogP contribution is -2.40. The van der Waals surface area contributed by atoms with Gasteiger partial charge in [-0.3, -0.25) is 9.59 Å².